The summed E-state index contributed by atoms with van der Waals surface area (Å²) in [7, 11) is -9.90. The Kier molecular flexibility index (Phi) is 63.7. The number of hydrogen-bond acceptors (Lipinski definition) is 15. The number of carbonyl (C=O) groups is 4. The Morgan fingerprint density at radius 2 is 0.500 bits per heavy atom. The molecule has 17 nitrogen and oxygen atoms in total. The van der Waals surface area contributed by atoms with Crippen LogP contribution in [-0.4, -0.2) is 96.7 Å². The minimum Gasteiger partial charge on any atom is -0.462 e. The summed E-state index contributed by atoms with van der Waals surface area (Å²) in [6.45, 7) is 9.54. The summed E-state index contributed by atoms with van der Waals surface area (Å²) >= 11 is 0. The quantitative estimate of drug-likeness (QED) is 0.0222. The molecule has 0 aliphatic carbocycles. The molecule has 3 N–H and O–H groups in total. The number of phosphoric acid groups is 2. The minimum absolute atomic E-state index is 0.105. The maximum Gasteiger partial charge on any atom is 0.472 e. The van der Waals surface area contributed by atoms with Crippen LogP contribution in [0.3, 0.4) is 0 Å². The summed E-state index contributed by atoms with van der Waals surface area (Å²) in [4.78, 5) is 72.6. The number of aliphatic hydroxyl groups is 1. The molecule has 0 bridgehead atoms. The van der Waals surface area contributed by atoms with Crippen molar-refractivity contribution in [2.75, 3.05) is 39.6 Å². The topological polar surface area (TPSA) is 237 Å². The van der Waals surface area contributed by atoms with E-state index in [9.17, 15) is 43.2 Å². The van der Waals surface area contributed by atoms with Crippen LogP contribution in [0.2, 0.25) is 0 Å². The van der Waals surface area contributed by atoms with Gasteiger partial charge in [-0.05, 0) is 37.5 Å². The first-order valence-corrected chi connectivity index (χ1v) is 41.0. The summed E-state index contributed by atoms with van der Waals surface area (Å²) in [5.74, 6) is -0.599. The summed E-state index contributed by atoms with van der Waals surface area (Å²) in [5, 5.41) is 10.6. The van der Waals surface area contributed by atoms with Gasteiger partial charge in [-0.1, -0.05) is 324 Å². The normalized spacial score (nSPS) is 14.1. The molecule has 0 radical (unpaired) electrons. The van der Waals surface area contributed by atoms with Crippen molar-refractivity contribution in [2.24, 2.45) is 11.8 Å². The lowest BCUT2D eigenvalue weighted by Gasteiger charge is -2.21. The van der Waals surface area contributed by atoms with Crippen molar-refractivity contribution in [3.05, 3.63) is 0 Å². The Labute approximate surface area is 562 Å². The maximum absolute atomic E-state index is 13.1. The fourth-order valence-electron chi connectivity index (χ4n) is 11.1. The predicted octanol–water partition coefficient (Wildman–Crippen LogP) is 21.2. The zero-order chi connectivity index (χ0) is 67.9. The van der Waals surface area contributed by atoms with Gasteiger partial charge in [-0.2, -0.15) is 0 Å². The molecule has 0 aliphatic heterocycles. The van der Waals surface area contributed by atoms with Gasteiger partial charge in [-0.25, -0.2) is 9.13 Å². The Hall–Kier alpha value is -1.94. The summed E-state index contributed by atoms with van der Waals surface area (Å²) < 4.78 is 68.3. The molecule has 0 aromatic heterocycles. The fourth-order valence-corrected chi connectivity index (χ4v) is 12.7. The van der Waals surface area contributed by atoms with Crippen LogP contribution in [-0.2, 0) is 65.4 Å². The third-order valence-corrected chi connectivity index (χ3v) is 18.9. The van der Waals surface area contributed by atoms with Crippen molar-refractivity contribution in [3.8, 4) is 0 Å². The van der Waals surface area contributed by atoms with Gasteiger partial charge in [0, 0.05) is 25.7 Å². The van der Waals surface area contributed by atoms with Gasteiger partial charge in [0.15, 0.2) is 12.2 Å². The van der Waals surface area contributed by atoms with Crippen LogP contribution in [0.15, 0.2) is 0 Å². The lowest BCUT2D eigenvalue weighted by Crippen LogP contribution is -2.30. The molecule has 0 aromatic carbocycles. The number of ether oxygens (including phenoxy) is 4. The number of hydrogen-bond donors (Lipinski definition) is 3. The second-order valence-corrected chi connectivity index (χ2v) is 30.2. The van der Waals surface area contributed by atoms with Crippen molar-refractivity contribution in [3.63, 3.8) is 0 Å². The second-order valence-electron chi connectivity index (χ2n) is 27.3. The van der Waals surface area contributed by atoms with E-state index in [-0.39, 0.29) is 25.7 Å². The molecule has 0 amide bonds. The number of aliphatic hydroxyl groups excluding tert-OH is 1. The van der Waals surface area contributed by atoms with Crippen LogP contribution < -0.4 is 0 Å². The third-order valence-electron chi connectivity index (χ3n) is 17.0. The summed E-state index contributed by atoms with van der Waals surface area (Å²) in [6, 6.07) is 0. The standard InChI is InChI=1S/C73H142O17P2/c1-7-9-11-13-15-17-18-19-20-21-24-27-32-38-44-50-56-71(76)84-62-69(89-72(77)57-51-45-39-33-28-25-22-23-26-30-35-41-47-53-65(3)4)64-88-92(81,82)86-60-67(74)59-85-91(79,80)87-63-68(61-83-70(75)55-49-43-37-16-14-12-10-8-2)90-73(78)58-52-46-40-34-29-31-36-42-48-54-66(5)6/h65-69,74H,7-64H2,1-6H3,(H,79,80)(H,81,82)/t67-,68+,69+/m0/s1. The number of rotatable bonds is 72. The zero-order valence-electron chi connectivity index (χ0n) is 59.9. The average Bonchev–Trinajstić information content (AvgIpc) is 1.88. The highest BCUT2D eigenvalue weighted by Crippen LogP contribution is 2.45. The summed E-state index contributed by atoms with van der Waals surface area (Å²) in [6.07, 6.45) is 51.4. The number of esters is 4. The molecule has 0 heterocycles. The van der Waals surface area contributed by atoms with Crippen molar-refractivity contribution >= 4 is 39.5 Å². The van der Waals surface area contributed by atoms with Crippen molar-refractivity contribution in [1.82, 2.24) is 0 Å². The molecule has 0 aromatic rings. The van der Waals surface area contributed by atoms with E-state index in [1.165, 1.54) is 186 Å². The Morgan fingerprint density at radius 3 is 0.739 bits per heavy atom. The molecule has 92 heavy (non-hydrogen) atoms. The molecular weight excluding hydrogens is 1210 g/mol. The van der Waals surface area contributed by atoms with Crippen molar-refractivity contribution < 1.29 is 80.2 Å². The van der Waals surface area contributed by atoms with E-state index < -0.39 is 97.5 Å². The lowest BCUT2D eigenvalue weighted by atomic mass is 10.0. The third kappa shape index (κ3) is 66.7. The van der Waals surface area contributed by atoms with Crippen LogP contribution in [0.4, 0.5) is 0 Å². The van der Waals surface area contributed by atoms with Gasteiger partial charge in [0.1, 0.15) is 19.3 Å². The zero-order valence-corrected chi connectivity index (χ0v) is 61.6. The molecule has 5 atom stereocenters. The molecule has 0 spiro atoms. The van der Waals surface area contributed by atoms with Crippen LogP contribution in [0.25, 0.3) is 0 Å². The van der Waals surface area contributed by atoms with E-state index in [1.807, 2.05) is 0 Å². The Bertz CT molecular complexity index is 1790. The van der Waals surface area contributed by atoms with Crippen LogP contribution in [0.1, 0.15) is 375 Å². The predicted molar refractivity (Wildman–Crippen MR) is 372 cm³/mol. The molecule has 0 saturated heterocycles. The minimum atomic E-state index is -4.95. The molecule has 0 fully saturated rings. The molecule has 19 heteroatoms. The van der Waals surface area contributed by atoms with Gasteiger partial charge in [0.2, 0.25) is 0 Å². The van der Waals surface area contributed by atoms with Crippen molar-refractivity contribution in [1.29, 1.82) is 0 Å². The Morgan fingerprint density at radius 1 is 0.293 bits per heavy atom. The van der Waals surface area contributed by atoms with E-state index in [0.29, 0.717) is 25.7 Å². The average molecular weight is 1350 g/mol. The Balaban J connectivity index is 5.22. The first kappa shape index (κ1) is 90.1. The van der Waals surface area contributed by atoms with E-state index in [2.05, 4.69) is 41.5 Å². The smallest absolute Gasteiger partial charge is 0.462 e. The van der Waals surface area contributed by atoms with Gasteiger partial charge in [-0.3, -0.25) is 37.3 Å². The largest absolute Gasteiger partial charge is 0.472 e. The highest BCUT2D eigenvalue weighted by atomic mass is 31.2. The van der Waals surface area contributed by atoms with Gasteiger partial charge >= 0.3 is 39.5 Å². The number of unbranched alkanes of at least 4 members (excludes halogenated alkanes) is 42. The van der Waals surface area contributed by atoms with Gasteiger partial charge in [0.05, 0.1) is 26.4 Å². The number of phosphoric ester groups is 2. The van der Waals surface area contributed by atoms with E-state index in [4.69, 9.17) is 37.0 Å². The van der Waals surface area contributed by atoms with E-state index >= 15 is 0 Å². The maximum atomic E-state index is 13.1. The van der Waals surface area contributed by atoms with Crippen molar-refractivity contribution in [2.45, 2.75) is 394 Å². The van der Waals surface area contributed by atoms with Gasteiger partial charge in [0.25, 0.3) is 0 Å². The summed E-state index contributed by atoms with van der Waals surface area (Å²) in [5.41, 5.74) is 0. The second kappa shape index (κ2) is 65.0. The molecule has 0 saturated carbocycles. The monoisotopic (exact) mass is 1350 g/mol. The highest BCUT2D eigenvalue weighted by molar-refractivity contribution is 7.47. The van der Waals surface area contributed by atoms with Crippen LogP contribution in [0, 0.1) is 11.8 Å². The highest BCUT2D eigenvalue weighted by Gasteiger charge is 2.30. The number of carbonyl (C=O) groups excluding carboxylic acids is 4. The van der Waals surface area contributed by atoms with Gasteiger partial charge < -0.3 is 33.8 Å². The SMILES string of the molecule is CCCCCCCCCCCCCCCCCCC(=O)OC[C@H](COP(=O)(O)OC[C@@H](O)COP(=O)(O)OC[C@@H](COC(=O)CCCCCCCCCC)OC(=O)CCCCCCCCCCCC(C)C)OC(=O)CCCCCCCCCCCCCCCC(C)C. The molecule has 2 unspecified atom stereocenters. The van der Waals surface area contributed by atoms with Gasteiger partial charge in [-0.15, -0.1) is 0 Å². The molecule has 546 valence electrons. The molecular formula is C73H142O17P2. The van der Waals surface area contributed by atoms with Crippen LogP contribution in [0.5, 0.6) is 0 Å². The lowest BCUT2D eigenvalue weighted by molar-refractivity contribution is -0.161. The van der Waals surface area contributed by atoms with E-state index in [1.54, 1.807) is 0 Å². The first-order valence-electron chi connectivity index (χ1n) is 38.0. The molecule has 0 rings (SSSR count). The molecule has 0 aliphatic rings. The fraction of sp³-hybridized carbons (Fsp3) is 0.945. The van der Waals surface area contributed by atoms with Crippen LogP contribution >= 0.6 is 15.6 Å². The first-order chi connectivity index (χ1) is 44.4. The van der Waals surface area contributed by atoms with E-state index in [0.717, 1.165) is 108 Å².